The SMILES string of the molecule is Cc1cc(CC(C)(C)c2cc(C)c(C)c(C)c2)cc(C)c1C. The van der Waals surface area contributed by atoms with Crippen LogP contribution in [-0.4, -0.2) is 0 Å². The Labute approximate surface area is 136 Å². The van der Waals surface area contributed by atoms with Crippen LogP contribution in [0.5, 0.6) is 0 Å². The third-order valence-electron chi connectivity index (χ3n) is 5.34. The smallest absolute Gasteiger partial charge is 0.00630 e. The quantitative estimate of drug-likeness (QED) is 0.645. The molecular formula is C22H30. The molecule has 0 spiro atoms. The van der Waals surface area contributed by atoms with Crippen molar-refractivity contribution < 1.29 is 0 Å². The summed E-state index contributed by atoms with van der Waals surface area (Å²) in [5.74, 6) is 0. The summed E-state index contributed by atoms with van der Waals surface area (Å²) in [6.45, 7) is 18.0. The highest BCUT2D eigenvalue weighted by Gasteiger charge is 2.22. The average molecular weight is 294 g/mol. The van der Waals surface area contributed by atoms with E-state index in [-0.39, 0.29) is 5.41 Å². The van der Waals surface area contributed by atoms with Crippen molar-refractivity contribution in [2.75, 3.05) is 0 Å². The maximum absolute atomic E-state index is 2.37. The van der Waals surface area contributed by atoms with Crippen molar-refractivity contribution in [1.82, 2.24) is 0 Å². The van der Waals surface area contributed by atoms with Gasteiger partial charge in [-0.3, -0.25) is 0 Å². The Kier molecular flexibility index (Phi) is 4.52. The minimum Gasteiger partial charge on any atom is -0.0558 e. The molecule has 0 saturated heterocycles. The van der Waals surface area contributed by atoms with Crippen LogP contribution >= 0.6 is 0 Å². The first kappa shape index (κ1) is 16.8. The third kappa shape index (κ3) is 3.27. The Bertz CT molecular complexity index is 656. The van der Waals surface area contributed by atoms with Crippen LogP contribution in [0, 0.1) is 41.5 Å². The summed E-state index contributed by atoms with van der Waals surface area (Å²) in [5.41, 5.74) is 11.5. The highest BCUT2D eigenvalue weighted by atomic mass is 14.3. The Balaban J connectivity index is 2.39. The Hall–Kier alpha value is -1.56. The lowest BCUT2D eigenvalue weighted by atomic mass is 9.77. The van der Waals surface area contributed by atoms with E-state index in [0.29, 0.717) is 0 Å². The molecule has 2 aromatic rings. The van der Waals surface area contributed by atoms with E-state index in [1.807, 2.05) is 0 Å². The summed E-state index contributed by atoms with van der Waals surface area (Å²) in [4.78, 5) is 0. The van der Waals surface area contributed by atoms with Crippen molar-refractivity contribution in [2.45, 2.75) is 67.2 Å². The van der Waals surface area contributed by atoms with Crippen molar-refractivity contribution in [3.05, 3.63) is 68.8 Å². The number of rotatable bonds is 3. The minimum absolute atomic E-state index is 0.150. The van der Waals surface area contributed by atoms with Gasteiger partial charge in [0.2, 0.25) is 0 Å². The summed E-state index contributed by atoms with van der Waals surface area (Å²) in [6.07, 6.45) is 1.08. The molecule has 2 aromatic carbocycles. The first-order valence-electron chi connectivity index (χ1n) is 8.27. The van der Waals surface area contributed by atoms with Crippen molar-refractivity contribution in [2.24, 2.45) is 0 Å². The van der Waals surface area contributed by atoms with Gasteiger partial charge in [-0.05, 0) is 97.9 Å². The van der Waals surface area contributed by atoms with Gasteiger partial charge in [0, 0.05) is 0 Å². The van der Waals surface area contributed by atoms with Gasteiger partial charge in [0.15, 0.2) is 0 Å². The van der Waals surface area contributed by atoms with Crippen LogP contribution in [0.25, 0.3) is 0 Å². The molecule has 0 N–H and O–H groups in total. The molecule has 0 heterocycles. The molecule has 0 atom stereocenters. The van der Waals surface area contributed by atoms with Gasteiger partial charge in [-0.1, -0.05) is 38.1 Å². The van der Waals surface area contributed by atoms with Crippen LogP contribution in [0.1, 0.15) is 58.4 Å². The van der Waals surface area contributed by atoms with Gasteiger partial charge in [-0.15, -0.1) is 0 Å². The zero-order valence-electron chi connectivity index (χ0n) is 15.5. The van der Waals surface area contributed by atoms with Crippen LogP contribution in [0.2, 0.25) is 0 Å². The van der Waals surface area contributed by atoms with Crippen molar-refractivity contribution >= 4 is 0 Å². The van der Waals surface area contributed by atoms with E-state index in [9.17, 15) is 0 Å². The molecule has 0 unspecified atom stereocenters. The number of hydrogen-bond donors (Lipinski definition) is 0. The zero-order valence-corrected chi connectivity index (χ0v) is 15.5. The first-order chi connectivity index (χ1) is 10.1. The minimum atomic E-state index is 0.150. The molecule has 0 heteroatoms. The van der Waals surface area contributed by atoms with E-state index >= 15 is 0 Å². The highest BCUT2D eigenvalue weighted by molar-refractivity contribution is 5.42. The predicted octanol–water partition coefficient (Wildman–Crippen LogP) is 6.06. The van der Waals surface area contributed by atoms with Gasteiger partial charge in [-0.25, -0.2) is 0 Å². The Morgan fingerprint density at radius 1 is 0.636 bits per heavy atom. The van der Waals surface area contributed by atoms with Crippen molar-refractivity contribution in [1.29, 1.82) is 0 Å². The van der Waals surface area contributed by atoms with Crippen LogP contribution in [0.15, 0.2) is 24.3 Å². The summed E-state index contributed by atoms with van der Waals surface area (Å²) in [6, 6.07) is 9.46. The number of aryl methyl sites for hydroxylation is 4. The molecule has 0 radical (unpaired) electrons. The molecule has 0 bridgehead atoms. The molecule has 0 amide bonds. The Morgan fingerprint density at radius 2 is 1.00 bits per heavy atom. The molecular weight excluding hydrogens is 264 g/mol. The maximum Gasteiger partial charge on any atom is -0.00630 e. The summed E-state index contributed by atoms with van der Waals surface area (Å²) in [7, 11) is 0. The van der Waals surface area contributed by atoms with Gasteiger partial charge in [0.05, 0.1) is 0 Å². The average Bonchev–Trinajstić information content (AvgIpc) is 2.41. The summed E-state index contributed by atoms with van der Waals surface area (Å²) < 4.78 is 0. The molecule has 0 aliphatic rings. The first-order valence-corrected chi connectivity index (χ1v) is 8.27. The maximum atomic E-state index is 2.37. The monoisotopic (exact) mass is 294 g/mol. The summed E-state index contributed by atoms with van der Waals surface area (Å²) in [5, 5.41) is 0. The largest absolute Gasteiger partial charge is 0.0558 e. The second kappa shape index (κ2) is 5.91. The zero-order chi connectivity index (χ0) is 16.7. The van der Waals surface area contributed by atoms with E-state index < -0.39 is 0 Å². The lowest BCUT2D eigenvalue weighted by Gasteiger charge is -2.28. The van der Waals surface area contributed by atoms with E-state index in [4.69, 9.17) is 0 Å². The molecule has 0 aliphatic heterocycles. The van der Waals surface area contributed by atoms with Gasteiger partial charge >= 0.3 is 0 Å². The van der Waals surface area contributed by atoms with Gasteiger partial charge in [-0.2, -0.15) is 0 Å². The second-order valence-electron chi connectivity index (χ2n) is 7.65. The molecule has 0 saturated carbocycles. The third-order valence-corrected chi connectivity index (χ3v) is 5.34. The predicted molar refractivity (Wildman–Crippen MR) is 98.0 cm³/mol. The normalized spacial score (nSPS) is 11.8. The molecule has 0 nitrogen and oxygen atoms in total. The lowest BCUT2D eigenvalue weighted by molar-refractivity contribution is 0.521. The van der Waals surface area contributed by atoms with E-state index in [0.717, 1.165) is 6.42 Å². The van der Waals surface area contributed by atoms with Crippen molar-refractivity contribution in [3.8, 4) is 0 Å². The molecule has 0 aliphatic carbocycles. The number of hydrogen-bond acceptors (Lipinski definition) is 0. The molecule has 2 rings (SSSR count). The fourth-order valence-corrected chi connectivity index (χ4v) is 3.27. The van der Waals surface area contributed by atoms with Gasteiger partial charge < -0.3 is 0 Å². The Morgan fingerprint density at radius 3 is 1.41 bits per heavy atom. The van der Waals surface area contributed by atoms with Crippen LogP contribution < -0.4 is 0 Å². The number of benzene rings is 2. The fraction of sp³-hybridized carbons (Fsp3) is 0.455. The van der Waals surface area contributed by atoms with E-state index in [2.05, 4.69) is 79.7 Å². The van der Waals surface area contributed by atoms with Crippen LogP contribution in [0.4, 0.5) is 0 Å². The van der Waals surface area contributed by atoms with E-state index in [1.54, 1.807) is 0 Å². The topological polar surface area (TPSA) is 0 Å². The standard InChI is InChI=1S/C22H30/c1-14-9-20(10-15(2)18(14)5)13-22(7,8)21-11-16(3)19(6)17(4)12-21/h9-12H,13H2,1-8H3. The molecule has 118 valence electrons. The van der Waals surface area contributed by atoms with E-state index in [1.165, 1.54) is 44.5 Å². The highest BCUT2D eigenvalue weighted by Crippen LogP contribution is 2.31. The van der Waals surface area contributed by atoms with Crippen LogP contribution in [-0.2, 0) is 11.8 Å². The fourth-order valence-electron chi connectivity index (χ4n) is 3.27. The van der Waals surface area contributed by atoms with Crippen molar-refractivity contribution in [3.63, 3.8) is 0 Å². The lowest BCUT2D eigenvalue weighted by Crippen LogP contribution is -2.21. The molecule has 0 aromatic heterocycles. The van der Waals surface area contributed by atoms with Crippen LogP contribution in [0.3, 0.4) is 0 Å². The molecule has 22 heavy (non-hydrogen) atoms. The second-order valence-corrected chi connectivity index (χ2v) is 7.65. The van der Waals surface area contributed by atoms with Gasteiger partial charge in [0.25, 0.3) is 0 Å². The molecule has 0 fully saturated rings. The summed E-state index contributed by atoms with van der Waals surface area (Å²) >= 11 is 0. The van der Waals surface area contributed by atoms with Gasteiger partial charge in [0.1, 0.15) is 0 Å².